The molecule has 3 N–H and O–H groups in total. The standard InChI is InChI=1S/C13H16ClN3O/c1-3-18-10-5-4-9(6-8(10)2)12-13(14)17-11(7-15)16-12/h4-6H,3,7,15H2,1-2H3,(H,16,17). The zero-order valence-corrected chi connectivity index (χ0v) is 11.2. The summed E-state index contributed by atoms with van der Waals surface area (Å²) in [7, 11) is 0. The molecule has 0 unspecified atom stereocenters. The van der Waals surface area contributed by atoms with Gasteiger partial charge in [-0.15, -0.1) is 0 Å². The van der Waals surface area contributed by atoms with E-state index in [1.165, 1.54) is 0 Å². The number of benzene rings is 1. The zero-order valence-electron chi connectivity index (χ0n) is 10.5. The van der Waals surface area contributed by atoms with Crippen LogP contribution in [0.3, 0.4) is 0 Å². The van der Waals surface area contributed by atoms with Gasteiger partial charge in [0.1, 0.15) is 22.4 Å². The molecule has 96 valence electrons. The van der Waals surface area contributed by atoms with Gasteiger partial charge < -0.3 is 15.5 Å². The molecule has 0 radical (unpaired) electrons. The number of halogens is 1. The number of aromatic nitrogens is 2. The molecule has 0 atom stereocenters. The zero-order chi connectivity index (χ0) is 13.1. The first-order valence-electron chi connectivity index (χ1n) is 5.84. The van der Waals surface area contributed by atoms with Gasteiger partial charge in [-0.3, -0.25) is 0 Å². The van der Waals surface area contributed by atoms with Crippen molar-refractivity contribution in [2.75, 3.05) is 6.61 Å². The fraction of sp³-hybridized carbons (Fsp3) is 0.308. The Labute approximate surface area is 111 Å². The maximum atomic E-state index is 6.11. The van der Waals surface area contributed by atoms with E-state index in [0.717, 1.165) is 22.6 Å². The highest BCUT2D eigenvalue weighted by molar-refractivity contribution is 6.31. The predicted octanol–water partition coefficient (Wildman–Crippen LogP) is 2.90. The lowest BCUT2D eigenvalue weighted by molar-refractivity contribution is 0.338. The number of ether oxygens (including phenoxy) is 1. The predicted molar refractivity (Wildman–Crippen MR) is 72.8 cm³/mol. The average molecular weight is 266 g/mol. The van der Waals surface area contributed by atoms with Gasteiger partial charge in [0.05, 0.1) is 13.2 Å². The number of hydrogen-bond acceptors (Lipinski definition) is 3. The molecular formula is C13H16ClN3O. The molecule has 0 aliphatic heterocycles. The van der Waals surface area contributed by atoms with E-state index in [4.69, 9.17) is 22.1 Å². The van der Waals surface area contributed by atoms with Crippen LogP contribution in [0.25, 0.3) is 11.3 Å². The van der Waals surface area contributed by atoms with Gasteiger partial charge in [-0.05, 0) is 37.6 Å². The van der Waals surface area contributed by atoms with Gasteiger partial charge in [-0.1, -0.05) is 11.6 Å². The van der Waals surface area contributed by atoms with Crippen LogP contribution in [0.4, 0.5) is 0 Å². The number of nitrogens with one attached hydrogen (secondary N) is 1. The molecule has 1 heterocycles. The minimum atomic E-state index is 0.343. The molecule has 0 bridgehead atoms. The number of nitrogens with two attached hydrogens (primary N) is 1. The van der Waals surface area contributed by atoms with E-state index in [1.807, 2.05) is 32.0 Å². The van der Waals surface area contributed by atoms with Gasteiger partial charge in [0, 0.05) is 5.56 Å². The summed E-state index contributed by atoms with van der Waals surface area (Å²) >= 11 is 6.11. The van der Waals surface area contributed by atoms with Gasteiger partial charge >= 0.3 is 0 Å². The topological polar surface area (TPSA) is 63.9 Å². The number of H-pyrrole nitrogens is 1. The Kier molecular flexibility index (Phi) is 3.89. The van der Waals surface area contributed by atoms with Crippen molar-refractivity contribution in [3.8, 4) is 17.0 Å². The number of aromatic amines is 1. The van der Waals surface area contributed by atoms with Gasteiger partial charge in [0.15, 0.2) is 0 Å². The molecule has 0 saturated heterocycles. The molecule has 4 nitrogen and oxygen atoms in total. The van der Waals surface area contributed by atoms with E-state index >= 15 is 0 Å². The quantitative estimate of drug-likeness (QED) is 0.893. The Bertz CT molecular complexity index is 551. The lowest BCUT2D eigenvalue weighted by Gasteiger charge is -2.08. The van der Waals surface area contributed by atoms with Crippen molar-refractivity contribution in [2.45, 2.75) is 20.4 Å². The molecule has 2 rings (SSSR count). The summed E-state index contributed by atoms with van der Waals surface area (Å²) < 4.78 is 5.50. The van der Waals surface area contributed by atoms with Crippen LogP contribution in [0.5, 0.6) is 5.75 Å². The van der Waals surface area contributed by atoms with Crippen LogP contribution in [0.1, 0.15) is 18.3 Å². The number of imidazole rings is 1. The van der Waals surface area contributed by atoms with Crippen molar-refractivity contribution in [3.63, 3.8) is 0 Å². The van der Waals surface area contributed by atoms with Crippen LogP contribution in [0.15, 0.2) is 18.2 Å². The fourth-order valence-electron chi connectivity index (χ4n) is 1.80. The number of rotatable bonds is 4. The number of hydrogen-bond donors (Lipinski definition) is 2. The van der Waals surface area contributed by atoms with Crippen LogP contribution in [0.2, 0.25) is 5.15 Å². The molecule has 18 heavy (non-hydrogen) atoms. The lowest BCUT2D eigenvalue weighted by Crippen LogP contribution is -1.98. The van der Waals surface area contributed by atoms with Crippen LogP contribution in [0, 0.1) is 6.92 Å². The van der Waals surface area contributed by atoms with E-state index in [1.54, 1.807) is 0 Å². The normalized spacial score (nSPS) is 10.7. The van der Waals surface area contributed by atoms with E-state index in [2.05, 4.69) is 9.97 Å². The summed E-state index contributed by atoms with van der Waals surface area (Å²) in [6.07, 6.45) is 0. The third kappa shape index (κ3) is 2.49. The molecule has 0 saturated carbocycles. The second-order valence-electron chi connectivity index (χ2n) is 3.96. The van der Waals surface area contributed by atoms with E-state index in [9.17, 15) is 0 Å². The number of aryl methyl sites for hydroxylation is 1. The first kappa shape index (κ1) is 12.9. The summed E-state index contributed by atoms with van der Waals surface area (Å²) in [5, 5.41) is 0.513. The Hall–Kier alpha value is -1.52. The summed E-state index contributed by atoms with van der Waals surface area (Å²) in [6, 6.07) is 5.88. The third-order valence-electron chi connectivity index (χ3n) is 2.65. The second kappa shape index (κ2) is 5.42. The van der Waals surface area contributed by atoms with Gasteiger partial charge in [0.2, 0.25) is 0 Å². The molecule has 0 aliphatic rings. The Morgan fingerprint density at radius 2 is 2.22 bits per heavy atom. The molecule has 0 spiro atoms. The van der Waals surface area contributed by atoms with Crippen molar-refractivity contribution in [2.24, 2.45) is 5.73 Å². The van der Waals surface area contributed by atoms with Crippen LogP contribution < -0.4 is 10.5 Å². The van der Waals surface area contributed by atoms with Gasteiger partial charge in [-0.25, -0.2) is 4.98 Å². The summed E-state index contributed by atoms with van der Waals surface area (Å²) in [6.45, 7) is 4.96. The third-order valence-corrected chi connectivity index (χ3v) is 2.92. The maximum absolute atomic E-state index is 6.11. The Balaban J connectivity index is 2.38. The first-order valence-corrected chi connectivity index (χ1v) is 6.21. The van der Waals surface area contributed by atoms with Crippen molar-refractivity contribution >= 4 is 11.6 Å². The van der Waals surface area contributed by atoms with Gasteiger partial charge in [0.25, 0.3) is 0 Å². The monoisotopic (exact) mass is 265 g/mol. The largest absolute Gasteiger partial charge is 0.494 e. The Morgan fingerprint density at radius 3 is 2.78 bits per heavy atom. The molecule has 5 heteroatoms. The highest BCUT2D eigenvalue weighted by atomic mass is 35.5. The molecule has 2 aromatic rings. The summed E-state index contributed by atoms with van der Waals surface area (Å²) in [5.74, 6) is 1.56. The van der Waals surface area contributed by atoms with Crippen LogP contribution >= 0.6 is 11.6 Å². The second-order valence-corrected chi connectivity index (χ2v) is 4.34. The van der Waals surface area contributed by atoms with E-state index in [-0.39, 0.29) is 0 Å². The minimum absolute atomic E-state index is 0.343. The smallest absolute Gasteiger partial charge is 0.134 e. The SMILES string of the molecule is CCOc1ccc(-c2nc(CN)[nH]c2Cl)cc1C. The Morgan fingerprint density at radius 1 is 1.44 bits per heavy atom. The summed E-state index contributed by atoms with van der Waals surface area (Å²) in [5.41, 5.74) is 8.27. The lowest BCUT2D eigenvalue weighted by atomic mass is 10.1. The van der Waals surface area contributed by atoms with Crippen molar-refractivity contribution in [1.29, 1.82) is 0 Å². The van der Waals surface area contributed by atoms with Crippen LogP contribution in [-0.4, -0.2) is 16.6 Å². The minimum Gasteiger partial charge on any atom is -0.494 e. The fourth-order valence-corrected chi connectivity index (χ4v) is 2.06. The molecule has 0 amide bonds. The molecule has 1 aromatic carbocycles. The highest BCUT2D eigenvalue weighted by Gasteiger charge is 2.11. The molecule has 0 aliphatic carbocycles. The van der Waals surface area contributed by atoms with E-state index < -0.39 is 0 Å². The van der Waals surface area contributed by atoms with E-state index in [0.29, 0.717) is 24.1 Å². The first-order chi connectivity index (χ1) is 8.65. The molecule has 0 fully saturated rings. The van der Waals surface area contributed by atoms with Crippen molar-refractivity contribution < 1.29 is 4.74 Å². The molecule has 1 aromatic heterocycles. The summed E-state index contributed by atoms with van der Waals surface area (Å²) in [4.78, 5) is 7.31. The van der Waals surface area contributed by atoms with Crippen LogP contribution in [-0.2, 0) is 6.54 Å². The van der Waals surface area contributed by atoms with Crippen molar-refractivity contribution in [3.05, 3.63) is 34.7 Å². The average Bonchev–Trinajstić information content (AvgIpc) is 2.73. The number of nitrogens with zero attached hydrogens (tertiary/aromatic N) is 1. The molecular weight excluding hydrogens is 250 g/mol. The van der Waals surface area contributed by atoms with Gasteiger partial charge in [-0.2, -0.15) is 0 Å². The van der Waals surface area contributed by atoms with Crippen molar-refractivity contribution in [1.82, 2.24) is 9.97 Å². The maximum Gasteiger partial charge on any atom is 0.134 e. The highest BCUT2D eigenvalue weighted by Crippen LogP contribution is 2.29.